The van der Waals surface area contributed by atoms with Crippen LogP contribution in [0.5, 0.6) is 0 Å². The first-order chi connectivity index (χ1) is 12.2. The summed E-state index contributed by atoms with van der Waals surface area (Å²) in [5.41, 5.74) is 0.946. The van der Waals surface area contributed by atoms with Crippen molar-refractivity contribution in [3.63, 3.8) is 0 Å². The van der Waals surface area contributed by atoms with Crippen LogP contribution in [0, 0.1) is 12.8 Å². The molecule has 2 heterocycles. The number of nitrogens with zero attached hydrogens (tertiary/aromatic N) is 2. The zero-order valence-electron chi connectivity index (χ0n) is 15.6. The Morgan fingerprint density at radius 1 is 1.38 bits per heavy atom. The van der Waals surface area contributed by atoms with Crippen molar-refractivity contribution in [1.29, 1.82) is 0 Å². The number of hydrogen-bond donors (Lipinski definition) is 1. The van der Waals surface area contributed by atoms with E-state index in [0.717, 1.165) is 18.4 Å². The summed E-state index contributed by atoms with van der Waals surface area (Å²) in [7, 11) is 0. The average molecular weight is 378 g/mol. The van der Waals surface area contributed by atoms with Gasteiger partial charge >= 0.3 is 6.09 Å². The molecule has 1 aliphatic carbocycles. The maximum atomic E-state index is 12.7. The highest BCUT2D eigenvalue weighted by atomic mass is 35.5. The Labute approximate surface area is 157 Å². The Morgan fingerprint density at radius 2 is 2.08 bits per heavy atom. The molecule has 1 fully saturated rings. The van der Waals surface area contributed by atoms with Crippen LogP contribution in [-0.2, 0) is 4.74 Å². The van der Waals surface area contributed by atoms with Crippen molar-refractivity contribution in [3.8, 4) is 0 Å². The van der Waals surface area contributed by atoms with Gasteiger partial charge in [0, 0.05) is 24.3 Å². The molecule has 2 aromatic rings. The number of hydrogen-bond acceptors (Lipinski definition) is 4. The zero-order valence-corrected chi connectivity index (χ0v) is 16.3. The second-order valence-corrected chi connectivity index (χ2v) is 8.21. The quantitative estimate of drug-likeness (QED) is 0.809. The monoisotopic (exact) mass is 377 g/mol. The van der Waals surface area contributed by atoms with Crippen LogP contribution in [0.25, 0.3) is 10.9 Å². The van der Waals surface area contributed by atoms with Crippen molar-refractivity contribution < 1.29 is 14.3 Å². The van der Waals surface area contributed by atoms with Gasteiger partial charge < -0.3 is 10.1 Å². The summed E-state index contributed by atoms with van der Waals surface area (Å²) in [6.07, 6.45) is 6.09. The summed E-state index contributed by atoms with van der Waals surface area (Å²) >= 11 is 6.26. The second-order valence-electron chi connectivity index (χ2n) is 7.86. The lowest BCUT2D eigenvalue weighted by Gasteiger charge is -2.25. The molecule has 3 rings (SSSR count). The maximum absolute atomic E-state index is 12.7. The number of amides is 1. The van der Waals surface area contributed by atoms with Gasteiger partial charge in [-0.15, -0.1) is 0 Å². The summed E-state index contributed by atoms with van der Waals surface area (Å²) in [6, 6.07) is 0. The maximum Gasteiger partial charge on any atom is 0.419 e. The van der Waals surface area contributed by atoms with Crippen LogP contribution in [0.2, 0.25) is 5.15 Å². The number of pyridine rings is 1. The third-order valence-electron chi connectivity index (χ3n) is 4.58. The van der Waals surface area contributed by atoms with E-state index in [1.807, 2.05) is 6.92 Å². The Balaban J connectivity index is 1.97. The molecule has 0 spiro atoms. The van der Waals surface area contributed by atoms with E-state index in [1.54, 1.807) is 27.0 Å². The highest BCUT2D eigenvalue weighted by Crippen LogP contribution is 2.30. The molecular weight excluding hydrogens is 354 g/mol. The molecule has 140 valence electrons. The lowest BCUT2D eigenvalue weighted by molar-refractivity contribution is 0.0544. The topological polar surface area (TPSA) is 73.2 Å². The SMILES string of the molecule is Cc1cn(C(=O)OC(C)(C)C)c2c(Cl)ncc(C(=O)NCC3CCC3)c12. The lowest BCUT2D eigenvalue weighted by atomic mass is 9.85. The molecule has 1 amide bonds. The Bertz CT molecular complexity index is 863. The van der Waals surface area contributed by atoms with Crippen molar-refractivity contribution in [2.75, 3.05) is 6.54 Å². The molecule has 0 atom stereocenters. The predicted octanol–water partition coefficient (Wildman–Crippen LogP) is 4.31. The van der Waals surface area contributed by atoms with E-state index in [4.69, 9.17) is 16.3 Å². The third-order valence-corrected chi connectivity index (χ3v) is 4.85. The molecule has 0 aromatic carbocycles. The number of carbonyl (C=O) groups is 2. The number of carbonyl (C=O) groups excluding carboxylic acids is 2. The summed E-state index contributed by atoms with van der Waals surface area (Å²) in [4.78, 5) is 29.3. The highest BCUT2D eigenvalue weighted by molar-refractivity contribution is 6.35. The van der Waals surface area contributed by atoms with Gasteiger partial charge in [-0.05, 0) is 52.0 Å². The third kappa shape index (κ3) is 3.70. The van der Waals surface area contributed by atoms with Gasteiger partial charge in [0.1, 0.15) is 5.60 Å². The molecule has 0 saturated heterocycles. The van der Waals surface area contributed by atoms with Crippen LogP contribution in [0.15, 0.2) is 12.4 Å². The van der Waals surface area contributed by atoms with E-state index >= 15 is 0 Å². The first kappa shape index (κ1) is 18.7. The van der Waals surface area contributed by atoms with Crippen LogP contribution in [0.3, 0.4) is 0 Å². The van der Waals surface area contributed by atoms with Crippen molar-refractivity contribution in [2.45, 2.75) is 52.6 Å². The standard InChI is InChI=1S/C19H24ClN3O3/c1-11-10-23(18(25)26-19(2,3)4)15-14(11)13(9-21-16(15)20)17(24)22-8-12-6-5-7-12/h9-10,12H,5-8H2,1-4H3,(H,22,24). The fourth-order valence-corrected chi connectivity index (χ4v) is 3.31. The second kappa shape index (κ2) is 6.91. The van der Waals surface area contributed by atoms with Gasteiger partial charge in [-0.1, -0.05) is 18.0 Å². The molecule has 1 saturated carbocycles. The van der Waals surface area contributed by atoms with Gasteiger partial charge in [-0.3, -0.25) is 4.79 Å². The smallest absolute Gasteiger partial charge is 0.419 e. The van der Waals surface area contributed by atoms with E-state index in [9.17, 15) is 9.59 Å². The van der Waals surface area contributed by atoms with Crippen LogP contribution in [0.1, 0.15) is 56.0 Å². The number of rotatable bonds is 3. The van der Waals surface area contributed by atoms with Crippen molar-refractivity contribution in [3.05, 3.63) is 28.7 Å². The van der Waals surface area contributed by atoms with Crippen molar-refractivity contribution >= 4 is 34.5 Å². The Hall–Kier alpha value is -2.08. The van der Waals surface area contributed by atoms with Gasteiger partial charge in [0.25, 0.3) is 5.91 Å². The molecule has 0 unspecified atom stereocenters. The molecule has 0 aliphatic heterocycles. The number of ether oxygens (including phenoxy) is 1. The molecule has 0 radical (unpaired) electrons. The predicted molar refractivity (Wildman–Crippen MR) is 101 cm³/mol. The number of fused-ring (bicyclic) bond motifs is 1. The van der Waals surface area contributed by atoms with Crippen LogP contribution < -0.4 is 5.32 Å². The summed E-state index contributed by atoms with van der Waals surface area (Å²) in [5, 5.41) is 3.76. The van der Waals surface area contributed by atoms with Crippen LogP contribution >= 0.6 is 11.6 Å². The Morgan fingerprint density at radius 3 is 2.65 bits per heavy atom. The van der Waals surface area contributed by atoms with Crippen molar-refractivity contribution in [2.24, 2.45) is 5.92 Å². The summed E-state index contributed by atoms with van der Waals surface area (Å²) < 4.78 is 6.77. The first-order valence-corrected chi connectivity index (χ1v) is 9.23. The number of aryl methyl sites for hydroxylation is 1. The number of aromatic nitrogens is 2. The van der Waals surface area contributed by atoms with Crippen molar-refractivity contribution in [1.82, 2.24) is 14.9 Å². The molecule has 6 nitrogen and oxygen atoms in total. The first-order valence-electron chi connectivity index (χ1n) is 8.85. The van der Waals surface area contributed by atoms with Gasteiger partial charge in [0.2, 0.25) is 0 Å². The van der Waals surface area contributed by atoms with Gasteiger partial charge in [-0.2, -0.15) is 0 Å². The fourth-order valence-electron chi connectivity index (χ4n) is 3.08. The number of halogens is 1. The molecule has 0 bridgehead atoms. The fraction of sp³-hybridized carbons (Fsp3) is 0.526. The van der Waals surface area contributed by atoms with Gasteiger partial charge in [-0.25, -0.2) is 14.3 Å². The van der Waals surface area contributed by atoms with E-state index in [1.165, 1.54) is 17.2 Å². The van der Waals surface area contributed by atoms with Gasteiger partial charge in [0.15, 0.2) is 5.15 Å². The minimum absolute atomic E-state index is 0.162. The molecule has 1 N–H and O–H groups in total. The van der Waals surface area contributed by atoms with Gasteiger partial charge in [0.05, 0.1) is 11.1 Å². The van der Waals surface area contributed by atoms with Crippen LogP contribution in [0.4, 0.5) is 4.79 Å². The van der Waals surface area contributed by atoms with E-state index < -0.39 is 11.7 Å². The van der Waals surface area contributed by atoms with E-state index in [-0.39, 0.29) is 11.1 Å². The molecule has 2 aromatic heterocycles. The van der Waals surface area contributed by atoms with E-state index in [0.29, 0.717) is 28.9 Å². The number of nitrogens with one attached hydrogen (secondary N) is 1. The minimum Gasteiger partial charge on any atom is -0.443 e. The molecule has 26 heavy (non-hydrogen) atoms. The van der Waals surface area contributed by atoms with E-state index in [2.05, 4.69) is 10.3 Å². The largest absolute Gasteiger partial charge is 0.443 e. The summed E-state index contributed by atoms with van der Waals surface area (Å²) in [6.45, 7) is 7.88. The highest BCUT2D eigenvalue weighted by Gasteiger charge is 2.25. The zero-order chi connectivity index (χ0) is 19.1. The lowest BCUT2D eigenvalue weighted by Crippen LogP contribution is -2.32. The normalized spacial score (nSPS) is 15.0. The minimum atomic E-state index is -0.640. The molecule has 1 aliphatic rings. The van der Waals surface area contributed by atoms with Crippen LogP contribution in [-0.4, -0.2) is 33.7 Å². The Kier molecular flexibility index (Phi) is 4.97. The summed E-state index contributed by atoms with van der Waals surface area (Å²) in [5.74, 6) is 0.360. The molecule has 7 heteroatoms. The average Bonchev–Trinajstić information content (AvgIpc) is 2.83. The molecular formula is C19H24ClN3O3.